The lowest BCUT2D eigenvalue weighted by molar-refractivity contribution is -0.121. The third-order valence-corrected chi connectivity index (χ3v) is 2.25. The van der Waals surface area contributed by atoms with Gasteiger partial charge in [-0.05, 0) is 6.92 Å². The topological polar surface area (TPSA) is 70.7 Å². The minimum Gasteiger partial charge on any atom is -0.453 e. The molecule has 1 aliphatic rings. The van der Waals surface area contributed by atoms with Gasteiger partial charge in [0.15, 0.2) is 0 Å². The van der Waals surface area contributed by atoms with E-state index in [9.17, 15) is 9.59 Å². The summed E-state index contributed by atoms with van der Waals surface area (Å²) in [5.74, 6) is -0.323. The van der Waals surface area contributed by atoms with Crippen LogP contribution in [0, 0.1) is 0 Å². The number of hydrogen-bond acceptors (Lipinski definition) is 5. The summed E-state index contributed by atoms with van der Waals surface area (Å²) in [5.41, 5.74) is 0. The Hall–Kier alpha value is -1.14. The van der Waals surface area contributed by atoms with E-state index in [1.165, 1.54) is 7.11 Å². The van der Waals surface area contributed by atoms with E-state index in [2.05, 4.69) is 22.3 Å². The maximum absolute atomic E-state index is 11.3. The lowest BCUT2D eigenvalue weighted by atomic mass is 10.2. The van der Waals surface area contributed by atoms with Crippen molar-refractivity contribution in [2.75, 3.05) is 33.3 Å². The highest BCUT2D eigenvalue weighted by Crippen LogP contribution is 1.97. The standard InChI is InChI=1S/C9H17N3O3/c1-7-5-12(4-3-10-7)6-8(13)11-9(14)15-2/h7,10H,3-6H2,1-2H3,(H,11,13,14)/t7-/m1/s1. The molecule has 86 valence electrons. The lowest BCUT2D eigenvalue weighted by Gasteiger charge is -2.30. The van der Waals surface area contributed by atoms with Gasteiger partial charge in [-0.25, -0.2) is 4.79 Å². The summed E-state index contributed by atoms with van der Waals surface area (Å²) in [7, 11) is 1.23. The SMILES string of the molecule is COC(=O)NC(=O)CN1CCN[C@H](C)C1. The summed E-state index contributed by atoms with van der Waals surface area (Å²) in [4.78, 5) is 24.1. The fourth-order valence-corrected chi connectivity index (χ4v) is 1.56. The van der Waals surface area contributed by atoms with E-state index in [4.69, 9.17) is 0 Å². The first-order valence-corrected chi connectivity index (χ1v) is 4.95. The van der Waals surface area contributed by atoms with Crippen LogP contribution in [-0.2, 0) is 9.53 Å². The van der Waals surface area contributed by atoms with Crippen molar-refractivity contribution < 1.29 is 14.3 Å². The molecule has 0 aromatic rings. The summed E-state index contributed by atoms with van der Waals surface area (Å²) >= 11 is 0. The fraction of sp³-hybridized carbons (Fsp3) is 0.778. The zero-order valence-corrected chi connectivity index (χ0v) is 9.08. The number of hydrogen-bond donors (Lipinski definition) is 2. The highest BCUT2D eigenvalue weighted by Gasteiger charge is 2.18. The van der Waals surface area contributed by atoms with Crippen LogP contribution in [0.4, 0.5) is 4.79 Å². The highest BCUT2D eigenvalue weighted by molar-refractivity contribution is 5.92. The predicted octanol–water partition coefficient (Wildman–Crippen LogP) is -0.837. The molecule has 15 heavy (non-hydrogen) atoms. The smallest absolute Gasteiger partial charge is 0.413 e. The maximum atomic E-state index is 11.3. The number of imide groups is 1. The van der Waals surface area contributed by atoms with Crippen LogP contribution in [0.25, 0.3) is 0 Å². The molecule has 1 fully saturated rings. The molecular weight excluding hydrogens is 198 g/mol. The highest BCUT2D eigenvalue weighted by atomic mass is 16.5. The molecule has 0 aromatic heterocycles. The van der Waals surface area contributed by atoms with Crippen LogP contribution in [-0.4, -0.2) is 56.2 Å². The van der Waals surface area contributed by atoms with E-state index in [-0.39, 0.29) is 12.5 Å². The van der Waals surface area contributed by atoms with Crippen LogP contribution < -0.4 is 10.6 Å². The molecule has 0 unspecified atom stereocenters. The summed E-state index contributed by atoms with van der Waals surface area (Å²) < 4.78 is 4.33. The van der Waals surface area contributed by atoms with Gasteiger partial charge in [-0.15, -0.1) is 0 Å². The number of carbonyl (C=O) groups excluding carboxylic acids is 2. The second-order valence-electron chi connectivity index (χ2n) is 3.63. The minimum absolute atomic E-state index is 0.237. The molecule has 0 radical (unpaired) electrons. The van der Waals surface area contributed by atoms with Crippen molar-refractivity contribution in [1.82, 2.24) is 15.5 Å². The molecule has 1 atom stereocenters. The molecule has 1 rings (SSSR count). The normalized spacial score (nSPS) is 22.1. The minimum atomic E-state index is -0.705. The van der Waals surface area contributed by atoms with Crippen molar-refractivity contribution >= 4 is 12.0 Å². The fourth-order valence-electron chi connectivity index (χ4n) is 1.56. The molecule has 2 N–H and O–H groups in total. The van der Waals surface area contributed by atoms with E-state index < -0.39 is 6.09 Å². The average Bonchev–Trinajstić information content (AvgIpc) is 2.17. The quantitative estimate of drug-likeness (QED) is 0.628. The van der Waals surface area contributed by atoms with Crippen LogP contribution in [0.15, 0.2) is 0 Å². The van der Waals surface area contributed by atoms with Crippen molar-refractivity contribution in [3.05, 3.63) is 0 Å². The van der Waals surface area contributed by atoms with Gasteiger partial charge in [-0.1, -0.05) is 0 Å². The van der Waals surface area contributed by atoms with Gasteiger partial charge < -0.3 is 10.1 Å². The van der Waals surface area contributed by atoms with E-state index >= 15 is 0 Å². The molecule has 2 amide bonds. The first-order valence-electron chi connectivity index (χ1n) is 4.95. The first-order chi connectivity index (χ1) is 7.11. The Balaban J connectivity index is 2.27. The first kappa shape index (κ1) is 11.9. The lowest BCUT2D eigenvalue weighted by Crippen LogP contribution is -2.52. The Morgan fingerprint density at radius 1 is 1.60 bits per heavy atom. The van der Waals surface area contributed by atoms with Crippen molar-refractivity contribution in [3.63, 3.8) is 0 Å². The molecule has 1 saturated heterocycles. The van der Waals surface area contributed by atoms with Crippen molar-refractivity contribution in [2.24, 2.45) is 0 Å². The van der Waals surface area contributed by atoms with Crippen LogP contribution >= 0.6 is 0 Å². The largest absolute Gasteiger partial charge is 0.453 e. The van der Waals surface area contributed by atoms with Gasteiger partial charge >= 0.3 is 6.09 Å². The molecule has 0 aliphatic carbocycles. The van der Waals surface area contributed by atoms with Crippen LogP contribution in [0.2, 0.25) is 0 Å². The molecule has 1 heterocycles. The number of ether oxygens (including phenoxy) is 1. The van der Waals surface area contributed by atoms with Gasteiger partial charge in [-0.3, -0.25) is 15.0 Å². The Bertz CT molecular complexity index is 245. The zero-order chi connectivity index (χ0) is 11.3. The van der Waals surface area contributed by atoms with E-state index in [0.717, 1.165) is 19.6 Å². The number of nitrogens with one attached hydrogen (secondary N) is 2. The number of piperazine rings is 1. The number of rotatable bonds is 2. The maximum Gasteiger partial charge on any atom is 0.413 e. The third-order valence-electron chi connectivity index (χ3n) is 2.25. The summed E-state index contributed by atoms with van der Waals surface area (Å²) in [6, 6.07) is 0.379. The summed E-state index contributed by atoms with van der Waals surface area (Å²) in [6.07, 6.45) is -0.705. The van der Waals surface area contributed by atoms with Crippen molar-refractivity contribution in [1.29, 1.82) is 0 Å². The Morgan fingerprint density at radius 2 is 2.33 bits per heavy atom. The number of carbonyl (C=O) groups is 2. The van der Waals surface area contributed by atoms with Crippen molar-refractivity contribution in [3.8, 4) is 0 Å². The van der Waals surface area contributed by atoms with Gasteiger partial charge in [0, 0.05) is 25.7 Å². The van der Waals surface area contributed by atoms with Gasteiger partial charge in [-0.2, -0.15) is 0 Å². The Morgan fingerprint density at radius 3 is 2.93 bits per heavy atom. The van der Waals surface area contributed by atoms with Crippen LogP contribution in [0.1, 0.15) is 6.92 Å². The molecule has 6 nitrogen and oxygen atoms in total. The number of alkyl carbamates (subject to hydrolysis) is 1. The third kappa shape index (κ3) is 4.26. The van der Waals surface area contributed by atoms with Crippen molar-refractivity contribution in [2.45, 2.75) is 13.0 Å². The van der Waals surface area contributed by atoms with E-state index in [1.54, 1.807) is 0 Å². The Kier molecular flexibility index (Phi) is 4.51. The molecule has 0 spiro atoms. The molecule has 1 aliphatic heterocycles. The predicted molar refractivity (Wildman–Crippen MR) is 54.5 cm³/mol. The molecule has 0 aromatic carbocycles. The summed E-state index contributed by atoms with van der Waals surface area (Å²) in [6.45, 7) is 4.80. The van der Waals surface area contributed by atoms with E-state index in [1.807, 2.05) is 4.90 Å². The number of amides is 2. The van der Waals surface area contributed by atoms with Crippen LogP contribution in [0.3, 0.4) is 0 Å². The zero-order valence-electron chi connectivity index (χ0n) is 9.08. The molecule has 6 heteroatoms. The summed E-state index contributed by atoms with van der Waals surface area (Å²) in [5, 5.41) is 5.40. The second-order valence-corrected chi connectivity index (χ2v) is 3.63. The Labute approximate surface area is 88.9 Å². The van der Waals surface area contributed by atoms with Gasteiger partial charge in [0.05, 0.1) is 13.7 Å². The molecule has 0 saturated carbocycles. The van der Waals surface area contributed by atoms with E-state index in [0.29, 0.717) is 6.04 Å². The second kappa shape index (κ2) is 5.67. The number of nitrogens with zero attached hydrogens (tertiary/aromatic N) is 1. The van der Waals surface area contributed by atoms with Gasteiger partial charge in [0.25, 0.3) is 0 Å². The average molecular weight is 215 g/mol. The molecular formula is C9H17N3O3. The monoisotopic (exact) mass is 215 g/mol. The van der Waals surface area contributed by atoms with Gasteiger partial charge in [0.1, 0.15) is 0 Å². The number of methoxy groups -OCH3 is 1. The molecule has 0 bridgehead atoms. The van der Waals surface area contributed by atoms with Crippen LogP contribution in [0.5, 0.6) is 0 Å². The van der Waals surface area contributed by atoms with Gasteiger partial charge in [0.2, 0.25) is 5.91 Å².